The van der Waals surface area contributed by atoms with E-state index in [-0.39, 0.29) is 116 Å². The van der Waals surface area contributed by atoms with Gasteiger partial charge in [-0.1, -0.05) is 49.0 Å². The van der Waals surface area contributed by atoms with Crippen molar-refractivity contribution in [2.75, 3.05) is 112 Å². The number of nitrogens with zero attached hydrogens (tertiary/aromatic N) is 20. The number of aryl methyl sites for hydroxylation is 7. The number of nitrogens with one attached hydrogen (secondary N) is 4. The molecule has 4 aliphatic rings. The van der Waals surface area contributed by atoms with Crippen molar-refractivity contribution in [3.63, 3.8) is 0 Å². The van der Waals surface area contributed by atoms with Crippen LogP contribution in [0.1, 0.15) is 214 Å². The van der Waals surface area contributed by atoms with Gasteiger partial charge in [0.15, 0.2) is 22.8 Å². The van der Waals surface area contributed by atoms with Crippen molar-refractivity contribution < 1.29 is 81.0 Å². The molecule has 0 aromatic carbocycles. The number of hydrogen-bond donors (Lipinski definition) is 5. The first kappa shape index (κ1) is 109. The first-order valence-corrected chi connectivity index (χ1v) is 48.7. The van der Waals surface area contributed by atoms with Gasteiger partial charge in [-0.25, -0.2) is 48.3 Å². The van der Waals surface area contributed by atoms with E-state index in [4.69, 9.17) is 37.2 Å². The van der Waals surface area contributed by atoms with Crippen LogP contribution < -0.4 is 40.9 Å². The third-order valence-electron chi connectivity index (χ3n) is 23.9. The fourth-order valence-corrected chi connectivity index (χ4v) is 17.8. The minimum Gasteiger partial charge on any atom is -0.444 e. The maximum absolute atomic E-state index is 13.2. The largest absolute Gasteiger partial charge is 0.444 e. The fraction of sp³-hybridized carbons (Fsp3) is 0.365. The molecular formula is C104H125N24O13SW-. The molecule has 0 aliphatic carbocycles. The number of oxazole rings is 4. The van der Waals surface area contributed by atoms with Gasteiger partial charge in [0, 0.05) is 243 Å². The van der Waals surface area contributed by atoms with Gasteiger partial charge in [-0.05, 0) is 166 Å². The van der Waals surface area contributed by atoms with E-state index < -0.39 is 9.84 Å². The Morgan fingerprint density at radius 2 is 0.594 bits per heavy atom. The van der Waals surface area contributed by atoms with Crippen molar-refractivity contribution in [3.05, 3.63) is 248 Å². The number of carbonyl (C=O) groups excluding carboxylic acids is 6. The van der Waals surface area contributed by atoms with E-state index >= 15 is 0 Å². The number of fused-ring (bicyclic) bond motifs is 4. The standard InChI is InChI=1S/C25H28N6O4S.2C25H28N6O2.C24H26N6O3.CO2.3CH4.CH3.W/c1-17-12-18(6-8-26-17)25-29-21(16-35-25)24(32)28-20-15-31-14-19(7-11-36(2,33)34)27-23(31)13-22(20)30-9-4-3-5-10-30;2*1-3-7-19-14-31-15-20(22(13-23(31)27-19)30-10-5-4-6-11-30)28-24(32)21-16-33-25(29-21)18-8-9-26-17(2)12-18;1-16-11-17(5-7-25-16)24-28-20(15-33-24)23(32)27-19-14-30-13-18(6-10-31)26-22(30)12-21(19)29-8-3-2-4-9-29;2-1-3;;;;;/h6,8,12-16H,3-5,7,9-11H2,1-2H3,(H,28,32);2*8-9,12-16H,3-7,10-11H2,1-2H3,(H,28,32);5,7,11-15,31H,2-4,6,8-10H2,1H3,(H,27,32);;3*1H4;1H3;/q;;;;;;;;-1;. The van der Waals surface area contributed by atoms with Gasteiger partial charge >= 0.3 is 6.15 Å². The average Bonchev–Trinajstić information content (AvgIpc) is 1.69. The summed E-state index contributed by atoms with van der Waals surface area (Å²) in [6.45, 7) is 19.4. The summed E-state index contributed by atoms with van der Waals surface area (Å²) in [5, 5.41) is 21.4. The van der Waals surface area contributed by atoms with E-state index in [1.807, 2.05) is 137 Å². The Morgan fingerprint density at radius 3 is 0.811 bits per heavy atom. The molecule has 0 atom stereocenters. The quantitative estimate of drug-likeness (QED) is 0.0332. The number of rotatable bonds is 25. The van der Waals surface area contributed by atoms with Crippen LogP contribution >= 0.6 is 0 Å². The summed E-state index contributed by atoms with van der Waals surface area (Å²) in [4.78, 5) is 131. The molecule has 0 unspecified atom stereocenters. The van der Waals surface area contributed by atoms with Crippen LogP contribution in [0.3, 0.4) is 0 Å². The summed E-state index contributed by atoms with van der Waals surface area (Å²) in [5.74, 6) is 0.222. The van der Waals surface area contributed by atoms with E-state index in [1.165, 1.54) is 57.0 Å². The summed E-state index contributed by atoms with van der Waals surface area (Å²) >= 11 is 0. The smallest absolute Gasteiger partial charge is 0.373 e. The Balaban J connectivity index is 0.000000178. The molecule has 37 nitrogen and oxygen atoms in total. The second-order valence-corrected chi connectivity index (χ2v) is 36.9. The van der Waals surface area contributed by atoms with Crippen molar-refractivity contribution >= 4 is 108 Å². The van der Waals surface area contributed by atoms with Crippen molar-refractivity contribution in [1.29, 1.82) is 0 Å². The van der Waals surface area contributed by atoms with Gasteiger partial charge in [-0.2, -0.15) is 9.59 Å². The Hall–Kier alpha value is -14.7. The number of pyridine rings is 8. The van der Waals surface area contributed by atoms with E-state index in [1.54, 1.807) is 43.1 Å². The molecule has 20 rings (SSSR count). The molecule has 4 amide bonds. The zero-order chi connectivity index (χ0) is 96.4. The van der Waals surface area contributed by atoms with Crippen LogP contribution in [0.5, 0.6) is 0 Å². The van der Waals surface area contributed by atoms with Gasteiger partial charge in [0.1, 0.15) is 57.5 Å². The van der Waals surface area contributed by atoms with Crippen molar-refractivity contribution in [2.24, 2.45) is 0 Å². The number of aliphatic hydroxyl groups is 1. The Bertz CT molecular complexity index is 6690. The molecule has 0 bridgehead atoms. The van der Waals surface area contributed by atoms with Crippen LogP contribution in [-0.4, -0.2) is 192 Å². The van der Waals surface area contributed by atoms with Crippen LogP contribution in [0.15, 0.2) is 190 Å². The van der Waals surface area contributed by atoms with Gasteiger partial charge in [-0.3, -0.25) is 39.1 Å². The molecule has 16 aromatic heterocycles. The second-order valence-electron chi connectivity index (χ2n) is 34.6. The molecule has 39 heteroatoms. The van der Waals surface area contributed by atoms with Crippen LogP contribution in [0.25, 0.3) is 68.4 Å². The summed E-state index contributed by atoms with van der Waals surface area (Å²) in [7, 11) is -3.09. The topological polar surface area (TPSA) is 443 Å². The third kappa shape index (κ3) is 27.7. The zero-order valence-corrected chi connectivity index (χ0v) is 83.3. The van der Waals surface area contributed by atoms with Gasteiger partial charge < -0.3 is 88.7 Å². The molecule has 5 N–H and O–H groups in total. The number of amides is 4. The average molecular weight is 2140 g/mol. The predicted molar refractivity (Wildman–Crippen MR) is 549 cm³/mol. The molecule has 20 heterocycles. The third-order valence-corrected chi connectivity index (χ3v) is 24.8. The maximum Gasteiger partial charge on any atom is 0.373 e. The fourth-order valence-electron chi connectivity index (χ4n) is 17.2. The molecule has 143 heavy (non-hydrogen) atoms. The first-order valence-electron chi connectivity index (χ1n) is 46.6. The number of aliphatic hydroxyl groups excluding tert-OH is 1. The van der Waals surface area contributed by atoms with Crippen LogP contribution in [0, 0.1) is 35.1 Å². The van der Waals surface area contributed by atoms with E-state index in [0.29, 0.717) is 59.1 Å². The Morgan fingerprint density at radius 1 is 0.364 bits per heavy atom. The van der Waals surface area contributed by atoms with Crippen LogP contribution in [-0.2, 0) is 66.2 Å². The van der Waals surface area contributed by atoms with Crippen molar-refractivity contribution in [1.82, 2.24) is 77.4 Å². The molecule has 0 spiro atoms. The van der Waals surface area contributed by atoms with Gasteiger partial charge in [0.25, 0.3) is 23.6 Å². The SMILES string of the molecule is C.C.C.CCCc1cn2cc(NC(=O)c3coc(-c4ccnc(C)c4)n3)c(N3CCCCC3)cc2n1.CCCc1cn2cc(NC(=O)c3coc(-c4ccnc(C)c4)n3)c(N3CCCCC3)cc2n1.Cc1cc(-c2nc(C(=O)Nc3cn4cc(CCO)nc4cc3N3CCCCC3)co2)ccn1.Cc1cc(-c2nc(C(=O)Nc3cn4cc(CCS(C)(=O)=O)nc4cc3N3CCCCC3)co2)ccn1.O=C=O.[CH3-].[W]. The molecule has 0 saturated carbocycles. The van der Waals surface area contributed by atoms with Crippen LogP contribution in [0.4, 0.5) is 45.5 Å². The second kappa shape index (κ2) is 50.6. The number of piperidine rings is 4. The van der Waals surface area contributed by atoms with Gasteiger partial charge in [0.05, 0.1) is 74.0 Å². The number of carbonyl (C=O) groups is 4. The first-order chi connectivity index (χ1) is 67.0. The number of imidazole rings is 4. The summed E-state index contributed by atoms with van der Waals surface area (Å²) < 4.78 is 53.2. The van der Waals surface area contributed by atoms with E-state index in [9.17, 15) is 32.7 Å². The summed E-state index contributed by atoms with van der Waals surface area (Å²) in [6, 6.07) is 22.8. The number of sulfone groups is 1. The Kier molecular flexibility index (Phi) is 38.4. The molecule has 4 saturated heterocycles. The molecular weight excluding hydrogens is 2010 g/mol. The van der Waals surface area contributed by atoms with Crippen LogP contribution in [0.2, 0.25) is 0 Å². The zero-order valence-electron chi connectivity index (χ0n) is 79.6. The summed E-state index contributed by atoms with van der Waals surface area (Å²) in [6.07, 6.45) is 47.7. The van der Waals surface area contributed by atoms with Gasteiger partial charge in [0.2, 0.25) is 23.6 Å². The maximum atomic E-state index is 13.2. The number of hydrogen-bond acceptors (Lipinski definition) is 29. The number of aromatic nitrogens is 16. The van der Waals surface area contributed by atoms with E-state index in [0.717, 1.165) is 243 Å². The van der Waals surface area contributed by atoms with Crippen molar-refractivity contribution in [2.45, 2.75) is 179 Å². The minimum atomic E-state index is -3.09. The molecule has 752 valence electrons. The summed E-state index contributed by atoms with van der Waals surface area (Å²) in [5.41, 5.74) is 20.8. The molecule has 0 radical (unpaired) electrons. The van der Waals surface area contributed by atoms with Gasteiger partial charge in [-0.15, -0.1) is 0 Å². The molecule has 4 fully saturated rings. The predicted octanol–water partition coefficient (Wildman–Crippen LogP) is 18.5. The number of anilines is 8. The van der Waals surface area contributed by atoms with Crippen molar-refractivity contribution in [3.8, 4) is 45.8 Å². The molecule has 4 aliphatic heterocycles. The minimum absolute atomic E-state index is 0. The molecule has 16 aromatic rings. The Labute approximate surface area is 845 Å². The normalized spacial score (nSPS) is 13.4. The monoisotopic (exact) mass is 2130 g/mol. The van der Waals surface area contributed by atoms with E-state index in [2.05, 4.69) is 117 Å².